The molecule has 6 nitrogen and oxygen atoms in total. The maximum absolute atomic E-state index is 13.8. The SMILES string of the molecule is CCOC(=O)c1cc(NC(=O)CCCCl)cc(C2=C(c3cc(C(F)(F)F)ccc3OCc3ccccc3)CCC2)c1.O=C(Cl)CCCCl. The number of alkyl halides is 5. The van der Waals surface area contributed by atoms with E-state index >= 15 is 0 Å². The summed E-state index contributed by atoms with van der Waals surface area (Å²) in [5, 5.41) is 2.51. The molecule has 0 unspecified atom stereocenters. The third kappa shape index (κ3) is 12.2. The number of benzene rings is 3. The average molecular weight is 727 g/mol. The molecule has 48 heavy (non-hydrogen) atoms. The highest BCUT2D eigenvalue weighted by Crippen LogP contribution is 2.45. The summed E-state index contributed by atoms with van der Waals surface area (Å²) in [6.45, 7) is 2.05. The van der Waals surface area contributed by atoms with Gasteiger partial charge in [0.1, 0.15) is 12.4 Å². The summed E-state index contributed by atoms with van der Waals surface area (Å²) < 4.78 is 52.6. The molecular weight excluding hydrogens is 690 g/mol. The number of hydrogen-bond donors (Lipinski definition) is 1. The van der Waals surface area contributed by atoms with Crippen LogP contribution in [0.3, 0.4) is 0 Å². The Morgan fingerprint density at radius 1 is 0.875 bits per heavy atom. The smallest absolute Gasteiger partial charge is 0.416 e. The lowest BCUT2D eigenvalue weighted by Crippen LogP contribution is -2.13. The summed E-state index contributed by atoms with van der Waals surface area (Å²) in [7, 11) is 0. The molecule has 0 bridgehead atoms. The van der Waals surface area contributed by atoms with E-state index in [4.69, 9.17) is 44.3 Å². The minimum atomic E-state index is -4.53. The van der Waals surface area contributed by atoms with Crippen LogP contribution in [0.25, 0.3) is 11.1 Å². The Morgan fingerprint density at radius 3 is 2.19 bits per heavy atom. The van der Waals surface area contributed by atoms with Crippen molar-refractivity contribution < 1.29 is 37.0 Å². The second-order valence-corrected chi connectivity index (χ2v) is 12.0. The molecule has 3 aromatic rings. The van der Waals surface area contributed by atoms with Crippen molar-refractivity contribution in [2.24, 2.45) is 0 Å². The lowest BCUT2D eigenvalue weighted by molar-refractivity contribution is -0.137. The summed E-state index contributed by atoms with van der Waals surface area (Å²) in [5.74, 6) is 0.374. The first-order chi connectivity index (χ1) is 23.0. The number of anilines is 1. The molecule has 3 aromatic carbocycles. The second kappa shape index (κ2) is 19.5. The number of halogens is 6. The van der Waals surface area contributed by atoms with Crippen LogP contribution in [0.2, 0.25) is 0 Å². The second-order valence-electron chi connectivity index (χ2n) is 10.8. The lowest BCUT2D eigenvalue weighted by Gasteiger charge is -2.18. The van der Waals surface area contributed by atoms with Gasteiger partial charge in [0.2, 0.25) is 11.1 Å². The van der Waals surface area contributed by atoms with Gasteiger partial charge < -0.3 is 14.8 Å². The van der Waals surface area contributed by atoms with Crippen LogP contribution in [0.1, 0.15) is 84.5 Å². The number of nitrogens with one attached hydrogen (secondary N) is 1. The molecule has 0 spiro atoms. The third-order valence-corrected chi connectivity index (χ3v) is 7.93. The minimum Gasteiger partial charge on any atom is -0.488 e. The van der Waals surface area contributed by atoms with Crippen molar-refractivity contribution in [2.45, 2.75) is 64.7 Å². The van der Waals surface area contributed by atoms with Gasteiger partial charge in [-0.2, -0.15) is 13.2 Å². The topological polar surface area (TPSA) is 81.7 Å². The highest BCUT2D eigenvalue weighted by molar-refractivity contribution is 6.63. The maximum atomic E-state index is 13.8. The Bertz CT molecular complexity index is 1580. The van der Waals surface area contributed by atoms with Gasteiger partial charge >= 0.3 is 12.1 Å². The third-order valence-electron chi connectivity index (χ3n) is 7.21. The normalized spacial score (nSPS) is 12.6. The van der Waals surface area contributed by atoms with Crippen LogP contribution in [0, 0.1) is 0 Å². The molecule has 1 amide bonds. The molecule has 0 saturated heterocycles. The fourth-order valence-electron chi connectivity index (χ4n) is 5.03. The number of carbonyl (C=O) groups excluding carboxylic acids is 3. The molecule has 1 aliphatic carbocycles. The molecule has 0 radical (unpaired) electrons. The number of esters is 1. The fourth-order valence-corrected chi connectivity index (χ4v) is 5.43. The van der Waals surface area contributed by atoms with E-state index in [1.807, 2.05) is 30.3 Å². The molecule has 0 heterocycles. The predicted octanol–water partition coefficient (Wildman–Crippen LogP) is 10.3. The van der Waals surface area contributed by atoms with Crippen molar-refractivity contribution in [2.75, 3.05) is 23.7 Å². The van der Waals surface area contributed by atoms with Gasteiger partial charge in [0.25, 0.3) is 0 Å². The Kier molecular flexibility index (Phi) is 15.8. The predicted molar refractivity (Wildman–Crippen MR) is 185 cm³/mol. The molecule has 0 saturated carbocycles. The number of rotatable bonds is 14. The Labute approximate surface area is 293 Å². The van der Waals surface area contributed by atoms with Gasteiger partial charge in [0, 0.05) is 35.9 Å². The number of ether oxygens (including phenoxy) is 2. The fraction of sp³-hybridized carbons (Fsp3) is 0.361. The Balaban J connectivity index is 0.000000804. The van der Waals surface area contributed by atoms with Crippen LogP contribution in [0.15, 0.2) is 66.7 Å². The van der Waals surface area contributed by atoms with Crippen molar-refractivity contribution in [1.29, 1.82) is 0 Å². The number of carbonyl (C=O) groups is 3. The maximum Gasteiger partial charge on any atom is 0.416 e. The average Bonchev–Trinajstić information content (AvgIpc) is 3.56. The number of allylic oxidation sites excluding steroid dienone is 2. The van der Waals surface area contributed by atoms with Crippen molar-refractivity contribution in [3.05, 3.63) is 94.5 Å². The first-order valence-electron chi connectivity index (χ1n) is 15.5. The van der Waals surface area contributed by atoms with Crippen molar-refractivity contribution >= 4 is 68.8 Å². The van der Waals surface area contributed by atoms with Crippen LogP contribution >= 0.6 is 34.8 Å². The molecule has 1 aliphatic rings. The molecule has 1 N–H and O–H groups in total. The lowest BCUT2D eigenvalue weighted by atomic mass is 9.93. The van der Waals surface area contributed by atoms with E-state index in [1.165, 1.54) is 12.1 Å². The van der Waals surface area contributed by atoms with Crippen LogP contribution in [-0.2, 0) is 27.1 Å². The van der Waals surface area contributed by atoms with E-state index < -0.39 is 17.7 Å². The molecule has 0 atom stereocenters. The van der Waals surface area contributed by atoms with Gasteiger partial charge in [-0.25, -0.2) is 4.79 Å². The number of hydrogen-bond acceptors (Lipinski definition) is 5. The van der Waals surface area contributed by atoms with Gasteiger partial charge in [-0.3, -0.25) is 9.59 Å². The molecular formula is C36H37Cl3F3NO5. The first kappa shape index (κ1) is 38.9. The molecule has 0 aliphatic heterocycles. The van der Waals surface area contributed by atoms with Gasteiger partial charge in [-0.05, 0) is 109 Å². The Hall–Kier alpha value is -3.53. The van der Waals surface area contributed by atoms with E-state index in [-0.39, 0.29) is 36.3 Å². The van der Waals surface area contributed by atoms with E-state index in [2.05, 4.69) is 5.32 Å². The summed E-state index contributed by atoms with van der Waals surface area (Å²) in [6.07, 6.45) is -0.933. The summed E-state index contributed by atoms with van der Waals surface area (Å²) >= 11 is 15.9. The van der Waals surface area contributed by atoms with Crippen LogP contribution in [-0.4, -0.2) is 35.5 Å². The zero-order valence-electron chi connectivity index (χ0n) is 26.4. The summed E-state index contributed by atoms with van der Waals surface area (Å²) in [4.78, 5) is 35.0. The summed E-state index contributed by atoms with van der Waals surface area (Å²) in [5.41, 5.74) is 3.23. The first-order valence-corrected chi connectivity index (χ1v) is 16.9. The molecule has 12 heteroatoms. The van der Waals surface area contributed by atoms with E-state index in [0.717, 1.165) is 23.3 Å². The monoisotopic (exact) mass is 725 g/mol. The molecule has 0 aromatic heterocycles. The van der Waals surface area contributed by atoms with E-state index in [0.29, 0.717) is 78.4 Å². The zero-order valence-corrected chi connectivity index (χ0v) is 28.7. The molecule has 4 rings (SSSR count). The van der Waals surface area contributed by atoms with Crippen LogP contribution in [0.4, 0.5) is 18.9 Å². The zero-order chi connectivity index (χ0) is 35.1. The van der Waals surface area contributed by atoms with Crippen LogP contribution < -0.4 is 10.1 Å². The van der Waals surface area contributed by atoms with E-state index in [1.54, 1.807) is 19.1 Å². The van der Waals surface area contributed by atoms with Gasteiger partial charge in [0.15, 0.2) is 0 Å². The molecule has 0 fully saturated rings. The van der Waals surface area contributed by atoms with Crippen molar-refractivity contribution in [3.63, 3.8) is 0 Å². The van der Waals surface area contributed by atoms with Crippen molar-refractivity contribution in [1.82, 2.24) is 0 Å². The van der Waals surface area contributed by atoms with E-state index in [9.17, 15) is 27.6 Å². The van der Waals surface area contributed by atoms with Crippen LogP contribution in [0.5, 0.6) is 5.75 Å². The standard InChI is InChI=1S/C32H31ClF3NO4.C4H6Cl2O/c1-2-40-31(39)23-16-22(17-25(18-23)37-30(38)12-7-15-33)26-10-6-11-27(26)28-19-24(32(34,35)36)13-14-29(28)41-20-21-8-4-3-5-9-21;5-3-1-2-4(6)7/h3-5,8-9,13-14,16-19H,2,6-7,10-12,15,20H2,1H3,(H,37,38);1-3H2. The molecule has 258 valence electrons. The van der Waals surface area contributed by atoms with Gasteiger partial charge in [-0.1, -0.05) is 30.3 Å². The quantitative estimate of drug-likeness (QED) is 0.102. The van der Waals surface area contributed by atoms with Crippen molar-refractivity contribution in [3.8, 4) is 5.75 Å². The Morgan fingerprint density at radius 2 is 1.56 bits per heavy atom. The summed E-state index contributed by atoms with van der Waals surface area (Å²) in [6, 6.07) is 17.8. The highest BCUT2D eigenvalue weighted by atomic mass is 35.5. The number of amides is 1. The van der Waals surface area contributed by atoms with Gasteiger partial charge in [-0.15, -0.1) is 23.2 Å². The highest BCUT2D eigenvalue weighted by Gasteiger charge is 2.32. The largest absolute Gasteiger partial charge is 0.488 e. The van der Waals surface area contributed by atoms with Gasteiger partial charge in [0.05, 0.1) is 17.7 Å². The minimum absolute atomic E-state index is 0.167.